The standard InChI is InChI=1S/C18H23FN4O/c1-3-4-10-21-18(24)16-12-17(23-13(2)22-16)20-11-9-14-5-7-15(19)8-6-14/h5-8,12H,3-4,9-11H2,1-2H3,(H,21,24)(H,20,22,23). The lowest BCUT2D eigenvalue weighted by atomic mass is 10.1. The van der Waals surface area contributed by atoms with Crippen LogP contribution < -0.4 is 10.6 Å². The monoisotopic (exact) mass is 330 g/mol. The van der Waals surface area contributed by atoms with Gasteiger partial charge in [0.25, 0.3) is 5.91 Å². The summed E-state index contributed by atoms with van der Waals surface area (Å²) in [4.78, 5) is 20.6. The molecular weight excluding hydrogens is 307 g/mol. The Morgan fingerprint density at radius 2 is 1.92 bits per heavy atom. The molecule has 0 aliphatic heterocycles. The molecule has 1 aromatic heterocycles. The molecule has 0 radical (unpaired) electrons. The van der Waals surface area contributed by atoms with E-state index in [9.17, 15) is 9.18 Å². The first-order valence-corrected chi connectivity index (χ1v) is 8.20. The quantitative estimate of drug-likeness (QED) is 0.730. The van der Waals surface area contributed by atoms with Gasteiger partial charge in [-0.05, 0) is 37.5 Å². The minimum Gasteiger partial charge on any atom is -0.370 e. The van der Waals surface area contributed by atoms with Crippen LogP contribution in [0.5, 0.6) is 0 Å². The van der Waals surface area contributed by atoms with E-state index in [0.717, 1.165) is 24.8 Å². The molecule has 24 heavy (non-hydrogen) atoms. The number of rotatable bonds is 8. The van der Waals surface area contributed by atoms with E-state index in [-0.39, 0.29) is 11.7 Å². The van der Waals surface area contributed by atoms with Gasteiger partial charge in [0.15, 0.2) is 0 Å². The normalized spacial score (nSPS) is 10.5. The fourth-order valence-corrected chi connectivity index (χ4v) is 2.23. The average molecular weight is 330 g/mol. The average Bonchev–Trinajstić information content (AvgIpc) is 2.56. The SMILES string of the molecule is CCCCNC(=O)c1cc(NCCc2ccc(F)cc2)nc(C)n1. The molecule has 128 valence electrons. The van der Waals surface area contributed by atoms with Gasteiger partial charge in [0.2, 0.25) is 0 Å². The Morgan fingerprint density at radius 1 is 1.17 bits per heavy atom. The predicted molar refractivity (Wildman–Crippen MR) is 92.6 cm³/mol. The first-order valence-electron chi connectivity index (χ1n) is 8.20. The summed E-state index contributed by atoms with van der Waals surface area (Å²) in [6, 6.07) is 8.06. The molecule has 0 bridgehead atoms. The van der Waals surface area contributed by atoms with E-state index >= 15 is 0 Å². The Balaban J connectivity index is 1.92. The van der Waals surface area contributed by atoms with Crippen LogP contribution in [0.25, 0.3) is 0 Å². The minimum absolute atomic E-state index is 0.185. The van der Waals surface area contributed by atoms with E-state index in [0.29, 0.717) is 30.4 Å². The summed E-state index contributed by atoms with van der Waals surface area (Å²) >= 11 is 0. The maximum atomic E-state index is 12.9. The molecule has 0 fully saturated rings. The van der Waals surface area contributed by atoms with Crippen LogP contribution in [-0.2, 0) is 6.42 Å². The molecule has 1 heterocycles. The van der Waals surface area contributed by atoms with Gasteiger partial charge in [0.05, 0.1) is 0 Å². The Kier molecular flexibility index (Phi) is 6.66. The predicted octanol–water partition coefficient (Wildman–Crippen LogP) is 3.11. The lowest BCUT2D eigenvalue weighted by molar-refractivity contribution is 0.0948. The Hall–Kier alpha value is -2.50. The molecule has 6 heteroatoms. The summed E-state index contributed by atoms with van der Waals surface area (Å²) in [5, 5.41) is 6.04. The number of hydrogen-bond acceptors (Lipinski definition) is 4. The number of carbonyl (C=O) groups excluding carboxylic acids is 1. The van der Waals surface area contributed by atoms with E-state index in [4.69, 9.17) is 0 Å². The largest absolute Gasteiger partial charge is 0.370 e. The number of aromatic nitrogens is 2. The van der Waals surface area contributed by atoms with Crippen molar-refractivity contribution in [3.8, 4) is 0 Å². The molecule has 1 aromatic carbocycles. The number of anilines is 1. The molecule has 0 unspecified atom stereocenters. The van der Waals surface area contributed by atoms with Crippen molar-refractivity contribution >= 4 is 11.7 Å². The topological polar surface area (TPSA) is 66.9 Å². The van der Waals surface area contributed by atoms with Gasteiger partial charge < -0.3 is 10.6 Å². The van der Waals surface area contributed by atoms with Gasteiger partial charge in [-0.2, -0.15) is 0 Å². The highest BCUT2D eigenvalue weighted by Gasteiger charge is 2.09. The van der Waals surface area contributed by atoms with Crippen molar-refractivity contribution in [2.75, 3.05) is 18.4 Å². The van der Waals surface area contributed by atoms with Gasteiger partial charge in [-0.15, -0.1) is 0 Å². The van der Waals surface area contributed by atoms with Crippen molar-refractivity contribution in [2.45, 2.75) is 33.1 Å². The second kappa shape index (κ2) is 8.96. The lowest BCUT2D eigenvalue weighted by Gasteiger charge is -2.09. The fraction of sp³-hybridized carbons (Fsp3) is 0.389. The van der Waals surface area contributed by atoms with Crippen LogP contribution in [0, 0.1) is 12.7 Å². The zero-order valence-corrected chi connectivity index (χ0v) is 14.1. The maximum Gasteiger partial charge on any atom is 0.270 e. The molecule has 2 rings (SSSR count). The second-order valence-corrected chi connectivity index (χ2v) is 5.60. The van der Waals surface area contributed by atoms with Gasteiger partial charge in [0, 0.05) is 19.2 Å². The smallest absolute Gasteiger partial charge is 0.270 e. The Bertz CT molecular complexity index is 673. The van der Waals surface area contributed by atoms with Crippen LogP contribution in [0.2, 0.25) is 0 Å². The van der Waals surface area contributed by atoms with Crippen LogP contribution in [0.4, 0.5) is 10.2 Å². The van der Waals surface area contributed by atoms with Gasteiger partial charge >= 0.3 is 0 Å². The highest BCUT2D eigenvalue weighted by molar-refractivity contribution is 5.92. The van der Waals surface area contributed by atoms with E-state index in [1.54, 1.807) is 25.1 Å². The summed E-state index contributed by atoms with van der Waals surface area (Å²) < 4.78 is 12.9. The first-order chi connectivity index (χ1) is 11.6. The molecular formula is C18H23FN4O. The molecule has 5 nitrogen and oxygen atoms in total. The van der Waals surface area contributed by atoms with Crippen LogP contribution in [-0.4, -0.2) is 29.0 Å². The van der Waals surface area contributed by atoms with Gasteiger partial charge in [0.1, 0.15) is 23.2 Å². The molecule has 0 aliphatic carbocycles. The van der Waals surface area contributed by atoms with Crippen molar-refractivity contribution < 1.29 is 9.18 Å². The van der Waals surface area contributed by atoms with Crippen LogP contribution >= 0.6 is 0 Å². The lowest BCUT2D eigenvalue weighted by Crippen LogP contribution is -2.26. The van der Waals surface area contributed by atoms with Gasteiger partial charge in [-0.3, -0.25) is 4.79 Å². The number of amides is 1. The number of benzene rings is 1. The summed E-state index contributed by atoms with van der Waals surface area (Å²) in [6.07, 6.45) is 2.71. The molecule has 0 saturated heterocycles. The highest BCUT2D eigenvalue weighted by Crippen LogP contribution is 2.08. The maximum absolute atomic E-state index is 12.9. The number of nitrogens with zero attached hydrogens (tertiary/aromatic N) is 2. The highest BCUT2D eigenvalue weighted by atomic mass is 19.1. The molecule has 0 spiro atoms. The van der Waals surface area contributed by atoms with Crippen molar-refractivity contribution in [1.82, 2.24) is 15.3 Å². The number of halogens is 1. The zero-order chi connectivity index (χ0) is 17.4. The molecule has 2 aromatic rings. The van der Waals surface area contributed by atoms with Crippen molar-refractivity contribution in [3.05, 3.63) is 53.2 Å². The van der Waals surface area contributed by atoms with E-state index in [1.165, 1.54) is 12.1 Å². The fourth-order valence-electron chi connectivity index (χ4n) is 2.23. The van der Waals surface area contributed by atoms with E-state index < -0.39 is 0 Å². The first kappa shape index (κ1) is 17.8. The zero-order valence-electron chi connectivity index (χ0n) is 14.1. The summed E-state index contributed by atoms with van der Waals surface area (Å²) in [7, 11) is 0. The minimum atomic E-state index is -0.239. The van der Waals surface area contributed by atoms with E-state index in [2.05, 4.69) is 27.5 Å². The molecule has 0 atom stereocenters. The summed E-state index contributed by atoms with van der Waals surface area (Å²) in [6.45, 7) is 5.11. The van der Waals surface area contributed by atoms with E-state index in [1.807, 2.05) is 0 Å². The molecule has 1 amide bonds. The number of aryl methyl sites for hydroxylation is 1. The number of nitrogens with one attached hydrogen (secondary N) is 2. The van der Waals surface area contributed by atoms with Crippen molar-refractivity contribution in [1.29, 1.82) is 0 Å². The summed E-state index contributed by atoms with van der Waals surface area (Å²) in [5.41, 5.74) is 1.40. The van der Waals surface area contributed by atoms with Gasteiger partial charge in [-0.25, -0.2) is 14.4 Å². The Morgan fingerprint density at radius 3 is 2.62 bits per heavy atom. The third-order valence-corrected chi connectivity index (χ3v) is 3.52. The number of hydrogen-bond donors (Lipinski definition) is 2. The van der Waals surface area contributed by atoms with Crippen molar-refractivity contribution in [3.63, 3.8) is 0 Å². The molecule has 2 N–H and O–H groups in total. The number of carbonyl (C=O) groups is 1. The van der Waals surface area contributed by atoms with Crippen LogP contribution in [0.3, 0.4) is 0 Å². The molecule has 0 aliphatic rings. The van der Waals surface area contributed by atoms with Gasteiger partial charge in [-0.1, -0.05) is 25.5 Å². The summed E-state index contributed by atoms with van der Waals surface area (Å²) in [5.74, 6) is 0.736. The van der Waals surface area contributed by atoms with Crippen molar-refractivity contribution in [2.24, 2.45) is 0 Å². The third kappa shape index (κ3) is 5.61. The Labute approximate surface area is 141 Å². The number of unbranched alkanes of at least 4 members (excludes halogenated alkanes) is 1. The van der Waals surface area contributed by atoms with Crippen LogP contribution in [0.1, 0.15) is 41.6 Å². The second-order valence-electron chi connectivity index (χ2n) is 5.60. The third-order valence-electron chi connectivity index (χ3n) is 3.52. The molecule has 0 saturated carbocycles. The van der Waals surface area contributed by atoms with Crippen LogP contribution in [0.15, 0.2) is 30.3 Å².